The monoisotopic (exact) mass is 474 g/mol. The summed E-state index contributed by atoms with van der Waals surface area (Å²) >= 11 is 4.86. The number of anilines is 1. The van der Waals surface area contributed by atoms with E-state index in [1.54, 1.807) is 0 Å². The zero-order chi connectivity index (χ0) is 18.4. The van der Waals surface area contributed by atoms with E-state index >= 15 is 0 Å². The van der Waals surface area contributed by atoms with E-state index in [2.05, 4.69) is 22.0 Å². The predicted octanol–water partition coefficient (Wildman–Crippen LogP) is 3.14. The molecule has 2 atom stereocenters. The molecule has 26 heavy (non-hydrogen) atoms. The summed E-state index contributed by atoms with van der Waals surface area (Å²) in [5, 5.41) is 9.77. The van der Waals surface area contributed by atoms with Gasteiger partial charge in [-0.25, -0.2) is 0 Å². The first kappa shape index (κ1) is 17.3. The summed E-state index contributed by atoms with van der Waals surface area (Å²) in [5.74, 6) is 1.97. The molecule has 7 heteroatoms. The zero-order valence-corrected chi connectivity index (χ0v) is 18.3. The molecule has 0 spiro atoms. The first-order valence-corrected chi connectivity index (χ1v) is 9.98. The fraction of sp³-hybridized carbons (Fsp3) is 0.211. The third kappa shape index (κ3) is 2.76. The second kappa shape index (κ2) is 6.57. The summed E-state index contributed by atoms with van der Waals surface area (Å²) in [6.07, 6.45) is 0. The van der Waals surface area contributed by atoms with Gasteiger partial charge >= 0.3 is 169 Å². The Balaban J connectivity index is 1.90. The number of hydrogen-bond acceptors (Lipinski definition) is 5. The second-order valence-corrected chi connectivity index (χ2v) is 8.23. The van der Waals surface area contributed by atoms with Crippen LogP contribution in [0, 0.1) is 11.3 Å². The van der Waals surface area contributed by atoms with Crippen molar-refractivity contribution in [2.75, 3.05) is 25.8 Å². The SMILES string of the molecule is CN(C)c1ccc2c(c1)OC([AsH2])=C(C#N)C2c1cc(Br)c2c(c1)OCO2. The summed E-state index contributed by atoms with van der Waals surface area (Å²) in [6, 6.07) is 12.4. The van der Waals surface area contributed by atoms with Gasteiger partial charge in [0, 0.05) is 0 Å². The van der Waals surface area contributed by atoms with Gasteiger partial charge in [-0.05, 0) is 0 Å². The van der Waals surface area contributed by atoms with E-state index in [9.17, 15) is 5.26 Å². The molecule has 0 bridgehead atoms. The van der Waals surface area contributed by atoms with Crippen LogP contribution in [-0.4, -0.2) is 37.7 Å². The van der Waals surface area contributed by atoms with E-state index in [0.717, 1.165) is 27.0 Å². The third-order valence-electron chi connectivity index (χ3n) is 4.50. The molecule has 0 radical (unpaired) electrons. The van der Waals surface area contributed by atoms with Crippen LogP contribution >= 0.6 is 15.9 Å². The van der Waals surface area contributed by atoms with Gasteiger partial charge in [0.1, 0.15) is 0 Å². The third-order valence-corrected chi connectivity index (χ3v) is 5.99. The Labute approximate surface area is 168 Å². The zero-order valence-electron chi connectivity index (χ0n) is 14.2. The van der Waals surface area contributed by atoms with Crippen LogP contribution in [-0.2, 0) is 0 Å². The molecule has 0 amide bonds. The van der Waals surface area contributed by atoms with Crippen molar-refractivity contribution in [3.8, 4) is 23.3 Å². The normalized spacial score (nSPS) is 17.4. The molecule has 2 aromatic carbocycles. The molecule has 2 aliphatic rings. The van der Waals surface area contributed by atoms with Crippen molar-refractivity contribution in [1.29, 1.82) is 5.26 Å². The molecule has 4 rings (SSSR count). The fourth-order valence-corrected chi connectivity index (χ4v) is 4.54. The molecule has 5 nitrogen and oxygen atoms in total. The van der Waals surface area contributed by atoms with Gasteiger partial charge in [0.05, 0.1) is 0 Å². The number of nitrogens with zero attached hydrogens (tertiary/aromatic N) is 2. The molecule has 0 saturated carbocycles. The standard InChI is InChI=1S/C19H16AsBrN2O3/c1-23(2)11-3-4-12-15(7-11)26-19(20)13(8-22)17(12)10-5-14(21)18-16(6-10)24-9-25-18/h3-7,17H,9,20H2,1-2H3. The Morgan fingerprint density at radius 1 is 1.19 bits per heavy atom. The Kier molecular flexibility index (Phi) is 4.38. The molecular formula is C19H16AsBrN2O3. The van der Waals surface area contributed by atoms with Crippen LogP contribution in [0.3, 0.4) is 0 Å². The van der Waals surface area contributed by atoms with Gasteiger partial charge in [-0.3, -0.25) is 0 Å². The van der Waals surface area contributed by atoms with Crippen LogP contribution in [0.4, 0.5) is 5.69 Å². The molecule has 2 unspecified atom stereocenters. The summed E-state index contributed by atoms with van der Waals surface area (Å²) in [4.78, 5) is 2.03. The quantitative estimate of drug-likeness (QED) is 0.626. The van der Waals surface area contributed by atoms with E-state index in [1.807, 2.05) is 49.3 Å². The average Bonchev–Trinajstić information content (AvgIpc) is 3.09. The molecule has 0 fully saturated rings. The Bertz CT molecular complexity index is 981. The van der Waals surface area contributed by atoms with Crippen molar-refractivity contribution in [3.05, 3.63) is 56.1 Å². The number of fused-ring (bicyclic) bond motifs is 2. The fourth-order valence-electron chi connectivity index (χ4n) is 3.22. The van der Waals surface area contributed by atoms with E-state index in [1.165, 1.54) is 16.9 Å². The summed E-state index contributed by atoms with van der Waals surface area (Å²) < 4.78 is 18.5. The maximum atomic E-state index is 9.77. The molecular weight excluding hydrogens is 459 g/mol. The Hall–Kier alpha value is -2.09. The van der Waals surface area contributed by atoms with Gasteiger partial charge in [-0.2, -0.15) is 0 Å². The summed E-state index contributed by atoms with van der Waals surface area (Å²) in [7, 11) is 3.98. The Morgan fingerprint density at radius 3 is 2.73 bits per heavy atom. The Morgan fingerprint density at radius 2 is 2.00 bits per heavy atom. The van der Waals surface area contributed by atoms with Gasteiger partial charge in [-0.1, -0.05) is 0 Å². The minimum atomic E-state index is -0.201. The number of allylic oxidation sites excluding steroid dienone is 1. The first-order chi connectivity index (χ1) is 12.5. The van der Waals surface area contributed by atoms with E-state index < -0.39 is 0 Å². The number of ether oxygens (including phenoxy) is 3. The minimum absolute atomic E-state index is 0.201. The molecule has 2 heterocycles. The van der Waals surface area contributed by atoms with Gasteiger partial charge in [0.2, 0.25) is 0 Å². The van der Waals surface area contributed by atoms with Crippen molar-refractivity contribution in [3.63, 3.8) is 0 Å². The van der Waals surface area contributed by atoms with Gasteiger partial charge < -0.3 is 0 Å². The summed E-state index contributed by atoms with van der Waals surface area (Å²) in [6.45, 7) is 0.205. The average molecular weight is 475 g/mol. The van der Waals surface area contributed by atoms with E-state index in [4.69, 9.17) is 14.2 Å². The van der Waals surface area contributed by atoms with Crippen LogP contribution in [0.2, 0.25) is 0 Å². The van der Waals surface area contributed by atoms with Crippen molar-refractivity contribution in [1.82, 2.24) is 0 Å². The van der Waals surface area contributed by atoms with Crippen molar-refractivity contribution in [2.45, 2.75) is 5.92 Å². The number of nitriles is 1. The number of rotatable bonds is 2. The predicted molar refractivity (Wildman–Crippen MR) is 105 cm³/mol. The van der Waals surface area contributed by atoms with E-state index in [-0.39, 0.29) is 12.7 Å². The van der Waals surface area contributed by atoms with Crippen molar-refractivity contribution < 1.29 is 14.2 Å². The molecule has 0 saturated heterocycles. The molecule has 2 aliphatic heterocycles. The van der Waals surface area contributed by atoms with Crippen LogP contribution in [0.15, 0.2) is 44.9 Å². The van der Waals surface area contributed by atoms with Crippen molar-refractivity contribution >= 4 is 38.5 Å². The van der Waals surface area contributed by atoms with Crippen LogP contribution in [0.25, 0.3) is 0 Å². The van der Waals surface area contributed by atoms with Crippen LogP contribution in [0.5, 0.6) is 17.2 Å². The molecule has 0 aromatic heterocycles. The van der Waals surface area contributed by atoms with Crippen molar-refractivity contribution in [2.24, 2.45) is 0 Å². The number of hydrogen-bond donors (Lipinski definition) is 0. The van der Waals surface area contributed by atoms with Crippen LogP contribution in [0.1, 0.15) is 17.0 Å². The number of benzene rings is 2. The van der Waals surface area contributed by atoms with Gasteiger partial charge in [-0.15, -0.1) is 0 Å². The summed E-state index contributed by atoms with van der Waals surface area (Å²) in [5.41, 5.74) is 3.62. The molecule has 0 aliphatic carbocycles. The maximum absolute atomic E-state index is 9.77. The topological polar surface area (TPSA) is 54.7 Å². The molecule has 132 valence electrons. The van der Waals surface area contributed by atoms with Gasteiger partial charge in [0.25, 0.3) is 0 Å². The molecule has 2 aromatic rings. The second-order valence-electron chi connectivity index (χ2n) is 6.28. The van der Waals surface area contributed by atoms with E-state index in [0.29, 0.717) is 21.6 Å². The first-order valence-electron chi connectivity index (χ1n) is 7.97. The van der Waals surface area contributed by atoms with Gasteiger partial charge in [0.15, 0.2) is 0 Å². The van der Waals surface area contributed by atoms with Crippen LogP contribution < -0.4 is 19.1 Å². The molecule has 0 N–H and O–H groups in total. The number of halogens is 1.